The van der Waals surface area contributed by atoms with Gasteiger partial charge in [-0.25, -0.2) is 0 Å². The van der Waals surface area contributed by atoms with Crippen molar-refractivity contribution in [1.29, 1.82) is 0 Å². The molecule has 0 unspecified atom stereocenters. The van der Waals surface area contributed by atoms with E-state index in [1.807, 2.05) is 32.7 Å². The Labute approximate surface area is 113 Å². The molecule has 2 aromatic heterocycles. The molecule has 0 aliphatic heterocycles. The van der Waals surface area contributed by atoms with Crippen LogP contribution in [-0.4, -0.2) is 24.1 Å². The van der Waals surface area contributed by atoms with E-state index in [2.05, 4.69) is 39.2 Å². The van der Waals surface area contributed by atoms with Crippen LogP contribution in [-0.2, 0) is 6.42 Å². The summed E-state index contributed by atoms with van der Waals surface area (Å²) in [5, 5.41) is 0. The second kappa shape index (κ2) is 4.84. The predicted molar refractivity (Wildman–Crippen MR) is 79.2 cm³/mol. The quantitative estimate of drug-likeness (QED) is 0.821. The molecule has 0 radical (unpaired) electrons. The third-order valence-corrected chi connectivity index (χ3v) is 3.44. The van der Waals surface area contributed by atoms with Gasteiger partial charge in [-0.1, -0.05) is 12.2 Å². The summed E-state index contributed by atoms with van der Waals surface area (Å²) in [5.41, 5.74) is 5.76. The van der Waals surface area contributed by atoms with Gasteiger partial charge in [-0.3, -0.25) is 9.97 Å². The fourth-order valence-electron chi connectivity index (χ4n) is 2.28. The summed E-state index contributed by atoms with van der Waals surface area (Å²) in [6, 6.07) is 4.27. The molecule has 0 saturated carbocycles. The minimum absolute atomic E-state index is 0.988. The minimum atomic E-state index is 0.988. The van der Waals surface area contributed by atoms with Crippen LogP contribution in [0, 0.1) is 0 Å². The van der Waals surface area contributed by atoms with Gasteiger partial charge in [0.15, 0.2) is 0 Å². The average Bonchev–Trinajstić information content (AvgIpc) is 2.47. The molecule has 96 valence electrons. The highest BCUT2D eigenvalue weighted by molar-refractivity contribution is 5.68. The normalized spacial score (nSPS) is 13.2. The second-order valence-electron chi connectivity index (χ2n) is 5.04. The molecule has 0 bridgehead atoms. The number of aryl methyl sites for hydroxylation is 1. The van der Waals surface area contributed by atoms with Gasteiger partial charge >= 0.3 is 0 Å². The summed E-state index contributed by atoms with van der Waals surface area (Å²) in [5.74, 6) is 0. The van der Waals surface area contributed by atoms with Crippen LogP contribution in [0.2, 0.25) is 0 Å². The maximum Gasteiger partial charge on any atom is 0.0724 e. The maximum atomic E-state index is 4.57. The Balaban J connectivity index is 2.03. The third kappa shape index (κ3) is 2.36. The first-order chi connectivity index (χ1) is 9.24. The fourth-order valence-corrected chi connectivity index (χ4v) is 2.28. The Hall–Kier alpha value is -2.16. The van der Waals surface area contributed by atoms with Crippen molar-refractivity contribution in [3.05, 3.63) is 47.9 Å². The van der Waals surface area contributed by atoms with Gasteiger partial charge in [0.05, 0.1) is 17.6 Å². The largest absolute Gasteiger partial charge is 0.376 e. The second-order valence-corrected chi connectivity index (χ2v) is 5.04. The lowest BCUT2D eigenvalue weighted by molar-refractivity contribution is 0.971. The van der Waals surface area contributed by atoms with Gasteiger partial charge in [0, 0.05) is 32.1 Å². The Morgan fingerprint density at radius 3 is 2.84 bits per heavy atom. The molecule has 3 heteroatoms. The predicted octanol–water partition coefficient (Wildman–Crippen LogP) is 3.17. The summed E-state index contributed by atoms with van der Waals surface area (Å²) < 4.78 is 0. The Kier molecular flexibility index (Phi) is 3.03. The maximum absolute atomic E-state index is 4.57. The molecule has 0 amide bonds. The van der Waals surface area contributed by atoms with Gasteiger partial charge in [-0.05, 0) is 36.1 Å². The van der Waals surface area contributed by atoms with E-state index >= 15 is 0 Å². The minimum Gasteiger partial charge on any atom is -0.376 e. The summed E-state index contributed by atoms with van der Waals surface area (Å²) in [6.07, 6.45) is 12.3. The number of hydrogen-bond donors (Lipinski definition) is 0. The van der Waals surface area contributed by atoms with Crippen LogP contribution in [0.5, 0.6) is 0 Å². The van der Waals surface area contributed by atoms with E-state index < -0.39 is 0 Å². The van der Waals surface area contributed by atoms with Crippen molar-refractivity contribution in [2.45, 2.75) is 12.8 Å². The van der Waals surface area contributed by atoms with Gasteiger partial charge in [0.25, 0.3) is 0 Å². The first-order valence-corrected chi connectivity index (χ1v) is 6.52. The Bertz CT molecular complexity index is 630. The summed E-state index contributed by atoms with van der Waals surface area (Å²) in [4.78, 5) is 10.9. The molecule has 2 aromatic rings. The van der Waals surface area contributed by atoms with E-state index in [0.717, 1.165) is 29.8 Å². The summed E-state index contributed by atoms with van der Waals surface area (Å²) in [7, 11) is 4.04. The highest BCUT2D eigenvalue weighted by Gasteiger charge is 2.08. The molecule has 0 N–H and O–H groups in total. The molecule has 3 nitrogen and oxygen atoms in total. The molecule has 19 heavy (non-hydrogen) atoms. The number of rotatable bonds is 2. The van der Waals surface area contributed by atoms with Crippen molar-refractivity contribution in [2.24, 2.45) is 0 Å². The zero-order valence-electron chi connectivity index (χ0n) is 11.3. The van der Waals surface area contributed by atoms with Crippen LogP contribution in [0.15, 0.2) is 36.8 Å². The molecule has 0 aromatic carbocycles. The number of aromatic nitrogens is 2. The molecule has 0 spiro atoms. The zero-order valence-corrected chi connectivity index (χ0v) is 11.3. The van der Waals surface area contributed by atoms with Crippen molar-refractivity contribution in [2.75, 3.05) is 19.0 Å². The van der Waals surface area contributed by atoms with Gasteiger partial charge in [-0.2, -0.15) is 0 Å². The summed E-state index contributed by atoms with van der Waals surface area (Å²) >= 11 is 0. The van der Waals surface area contributed by atoms with Crippen LogP contribution < -0.4 is 4.90 Å². The molecule has 3 rings (SSSR count). The number of nitrogens with zero attached hydrogens (tertiary/aromatic N) is 3. The van der Waals surface area contributed by atoms with Crippen molar-refractivity contribution in [3.8, 4) is 11.3 Å². The van der Waals surface area contributed by atoms with Gasteiger partial charge in [0.1, 0.15) is 0 Å². The Morgan fingerprint density at radius 2 is 2.00 bits per heavy atom. The lowest BCUT2D eigenvalue weighted by atomic mass is 9.98. The van der Waals surface area contributed by atoms with E-state index in [-0.39, 0.29) is 0 Å². The van der Waals surface area contributed by atoms with Crippen molar-refractivity contribution in [3.63, 3.8) is 0 Å². The van der Waals surface area contributed by atoms with Gasteiger partial charge < -0.3 is 4.90 Å². The SMILES string of the molecule is CN(C)c1cncc(-c2cc3c(cn2)CCC=C3)c1. The molecular weight excluding hydrogens is 234 g/mol. The molecule has 1 aliphatic carbocycles. The van der Waals surface area contributed by atoms with Crippen LogP contribution >= 0.6 is 0 Å². The molecule has 0 saturated heterocycles. The molecular formula is C16H17N3. The molecule has 1 aliphatic rings. The van der Waals surface area contributed by atoms with Crippen molar-refractivity contribution < 1.29 is 0 Å². The van der Waals surface area contributed by atoms with Crippen LogP contribution in [0.3, 0.4) is 0 Å². The lowest BCUT2D eigenvalue weighted by Crippen LogP contribution is -2.08. The van der Waals surface area contributed by atoms with Gasteiger partial charge in [-0.15, -0.1) is 0 Å². The van der Waals surface area contributed by atoms with E-state index in [0.29, 0.717) is 0 Å². The topological polar surface area (TPSA) is 29.0 Å². The van der Waals surface area contributed by atoms with Crippen LogP contribution in [0.25, 0.3) is 17.3 Å². The standard InChI is InChI=1S/C16H17N3/c1-19(2)15-7-14(9-17-11-15)16-8-12-5-3-4-6-13(12)10-18-16/h3,5,7-11H,4,6H2,1-2H3. The number of pyridine rings is 2. The Morgan fingerprint density at radius 1 is 1.11 bits per heavy atom. The van der Waals surface area contributed by atoms with Gasteiger partial charge in [0.2, 0.25) is 0 Å². The van der Waals surface area contributed by atoms with Crippen molar-refractivity contribution >= 4 is 11.8 Å². The molecule has 0 fully saturated rings. The smallest absolute Gasteiger partial charge is 0.0724 e. The molecule has 2 heterocycles. The van der Waals surface area contributed by atoms with Crippen molar-refractivity contribution in [1.82, 2.24) is 9.97 Å². The van der Waals surface area contributed by atoms with Crippen LogP contribution in [0.1, 0.15) is 17.5 Å². The highest BCUT2D eigenvalue weighted by Crippen LogP contribution is 2.25. The summed E-state index contributed by atoms with van der Waals surface area (Å²) in [6.45, 7) is 0. The number of anilines is 1. The monoisotopic (exact) mass is 251 g/mol. The molecule has 0 atom stereocenters. The number of allylic oxidation sites excluding steroid dienone is 1. The average molecular weight is 251 g/mol. The van der Waals surface area contributed by atoms with E-state index in [1.54, 1.807) is 0 Å². The number of fused-ring (bicyclic) bond motifs is 1. The first-order valence-electron chi connectivity index (χ1n) is 6.52. The first kappa shape index (κ1) is 11.9. The van der Waals surface area contributed by atoms with Crippen LogP contribution in [0.4, 0.5) is 5.69 Å². The third-order valence-electron chi connectivity index (χ3n) is 3.44. The fraction of sp³-hybridized carbons (Fsp3) is 0.250. The van der Waals surface area contributed by atoms with E-state index in [4.69, 9.17) is 0 Å². The van der Waals surface area contributed by atoms with E-state index in [1.165, 1.54) is 11.1 Å². The lowest BCUT2D eigenvalue weighted by Gasteiger charge is -2.14. The highest BCUT2D eigenvalue weighted by atomic mass is 15.1. The number of hydrogen-bond acceptors (Lipinski definition) is 3. The van der Waals surface area contributed by atoms with E-state index in [9.17, 15) is 0 Å². The zero-order chi connectivity index (χ0) is 13.2.